The van der Waals surface area contributed by atoms with Gasteiger partial charge >= 0.3 is 5.97 Å². The highest BCUT2D eigenvalue weighted by molar-refractivity contribution is 5.95. The normalized spacial score (nSPS) is 10.3. The quantitative estimate of drug-likeness (QED) is 0.701. The molecule has 0 saturated heterocycles. The van der Waals surface area contributed by atoms with Crippen LogP contribution in [0, 0.1) is 0 Å². The number of carbonyl (C=O) groups excluding carboxylic acids is 2. The number of hydrogen-bond donors (Lipinski definition) is 3. The lowest BCUT2D eigenvalue weighted by Crippen LogP contribution is -2.34. The molecule has 1 rings (SSSR count). The summed E-state index contributed by atoms with van der Waals surface area (Å²) < 4.78 is 4.82. The maximum atomic E-state index is 11.6. The predicted molar refractivity (Wildman–Crippen MR) is 65.9 cm³/mol. The average molecular weight is 268 g/mol. The molecular weight excluding hydrogens is 252 g/mol. The van der Waals surface area contributed by atoms with Gasteiger partial charge in [-0.2, -0.15) is 0 Å². The highest BCUT2D eigenvalue weighted by atomic mass is 16.4. The first-order chi connectivity index (χ1) is 8.90. The van der Waals surface area contributed by atoms with Gasteiger partial charge in [-0.05, 0) is 13.8 Å². The lowest BCUT2D eigenvalue weighted by Gasteiger charge is -2.08. The molecule has 0 fully saturated rings. The van der Waals surface area contributed by atoms with Crippen molar-refractivity contribution in [2.75, 3.05) is 6.54 Å². The van der Waals surface area contributed by atoms with Crippen molar-refractivity contribution in [3.05, 3.63) is 23.7 Å². The second-order valence-corrected chi connectivity index (χ2v) is 4.23. The molecule has 0 spiro atoms. The number of rotatable bonds is 6. The summed E-state index contributed by atoms with van der Waals surface area (Å²) in [5.74, 6) is -1.98. The summed E-state index contributed by atoms with van der Waals surface area (Å²) in [6.07, 6.45) is 1.14. The maximum Gasteiger partial charge on any atom is 0.338 e. The number of hydrogen-bond acceptors (Lipinski definition) is 4. The van der Waals surface area contributed by atoms with Crippen LogP contribution >= 0.6 is 0 Å². The molecule has 0 aliphatic rings. The van der Waals surface area contributed by atoms with Crippen molar-refractivity contribution in [2.24, 2.45) is 0 Å². The largest absolute Gasteiger partial charge is 0.478 e. The minimum Gasteiger partial charge on any atom is -0.478 e. The van der Waals surface area contributed by atoms with Gasteiger partial charge in [0.05, 0.1) is 5.56 Å². The van der Waals surface area contributed by atoms with Crippen LogP contribution in [0.2, 0.25) is 0 Å². The summed E-state index contributed by atoms with van der Waals surface area (Å²) in [5.41, 5.74) is -0.0947. The first-order valence-electron chi connectivity index (χ1n) is 5.79. The van der Waals surface area contributed by atoms with Gasteiger partial charge in [0.15, 0.2) is 5.76 Å². The molecule has 0 saturated carbocycles. The highest BCUT2D eigenvalue weighted by Crippen LogP contribution is 2.07. The van der Waals surface area contributed by atoms with Crippen LogP contribution < -0.4 is 10.6 Å². The van der Waals surface area contributed by atoms with E-state index in [2.05, 4.69) is 10.6 Å². The molecule has 0 atom stereocenters. The maximum absolute atomic E-state index is 11.6. The van der Waals surface area contributed by atoms with E-state index < -0.39 is 11.9 Å². The Morgan fingerprint density at radius 3 is 2.58 bits per heavy atom. The fourth-order valence-electron chi connectivity index (χ4n) is 1.34. The Labute approximate surface area is 110 Å². The summed E-state index contributed by atoms with van der Waals surface area (Å²) in [4.78, 5) is 33.5. The number of carbonyl (C=O) groups is 3. The zero-order valence-electron chi connectivity index (χ0n) is 10.7. The molecule has 7 nitrogen and oxygen atoms in total. The molecule has 0 radical (unpaired) electrons. The Kier molecular flexibility index (Phi) is 5.11. The summed E-state index contributed by atoms with van der Waals surface area (Å²) in [6, 6.07) is 1.18. The van der Waals surface area contributed by atoms with E-state index in [1.54, 1.807) is 0 Å². The van der Waals surface area contributed by atoms with Gasteiger partial charge < -0.3 is 20.2 Å². The van der Waals surface area contributed by atoms with Crippen LogP contribution in [-0.2, 0) is 4.79 Å². The Hall–Kier alpha value is -2.31. The number of aromatic carboxylic acids is 1. The number of amides is 2. The van der Waals surface area contributed by atoms with Crippen molar-refractivity contribution in [1.29, 1.82) is 0 Å². The van der Waals surface area contributed by atoms with Crippen molar-refractivity contribution in [3.8, 4) is 0 Å². The van der Waals surface area contributed by atoms with Crippen LogP contribution in [0.4, 0.5) is 0 Å². The molecule has 1 aromatic heterocycles. The molecule has 3 N–H and O–H groups in total. The van der Waals surface area contributed by atoms with Gasteiger partial charge in [0.2, 0.25) is 5.91 Å². The van der Waals surface area contributed by atoms with E-state index in [4.69, 9.17) is 9.52 Å². The van der Waals surface area contributed by atoms with Gasteiger partial charge in [-0.25, -0.2) is 4.79 Å². The third-order valence-electron chi connectivity index (χ3n) is 2.16. The summed E-state index contributed by atoms with van der Waals surface area (Å²) >= 11 is 0. The van der Waals surface area contributed by atoms with Crippen LogP contribution in [0.1, 0.15) is 41.2 Å². The minimum absolute atomic E-state index is 0.0476. The van der Waals surface area contributed by atoms with Crippen molar-refractivity contribution in [1.82, 2.24) is 10.6 Å². The van der Waals surface area contributed by atoms with E-state index in [-0.39, 0.29) is 36.2 Å². The zero-order valence-corrected chi connectivity index (χ0v) is 10.7. The Morgan fingerprint density at radius 1 is 1.37 bits per heavy atom. The summed E-state index contributed by atoms with van der Waals surface area (Å²) in [6.45, 7) is 3.83. The molecule has 0 bridgehead atoms. The van der Waals surface area contributed by atoms with E-state index in [1.165, 1.54) is 0 Å². The van der Waals surface area contributed by atoms with E-state index in [0.29, 0.717) is 0 Å². The van der Waals surface area contributed by atoms with Crippen molar-refractivity contribution < 1.29 is 23.9 Å². The molecule has 0 unspecified atom stereocenters. The SMILES string of the molecule is CC(C)NC(=O)CCNC(=O)c1cc(C(=O)O)co1. The van der Waals surface area contributed by atoms with E-state index in [1.807, 2.05) is 13.8 Å². The van der Waals surface area contributed by atoms with Gasteiger partial charge in [-0.1, -0.05) is 0 Å². The molecule has 104 valence electrons. The number of carboxylic acids is 1. The van der Waals surface area contributed by atoms with Gasteiger partial charge in [0, 0.05) is 25.1 Å². The first kappa shape index (κ1) is 14.7. The zero-order chi connectivity index (χ0) is 14.4. The van der Waals surface area contributed by atoms with Crippen molar-refractivity contribution in [2.45, 2.75) is 26.3 Å². The van der Waals surface area contributed by atoms with Crippen LogP contribution in [0.15, 0.2) is 16.7 Å². The van der Waals surface area contributed by atoms with Gasteiger partial charge in [-0.3, -0.25) is 9.59 Å². The molecule has 0 aliphatic heterocycles. The van der Waals surface area contributed by atoms with Crippen molar-refractivity contribution in [3.63, 3.8) is 0 Å². The minimum atomic E-state index is -1.17. The highest BCUT2D eigenvalue weighted by Gasteiger charge is 2.14. The summed E-state index contributed by atoms with van der Waals surface area (Å²) in [7, 11) is 0. The Morgan fingerprint density at radius 2 is 2.05 bits per heavy atom. The third-order valence-corrected chi connectivity index (χ3v) is 2.16. The molecular formula is C12H16N2O5. The number of nitrogens with one attached hydrogen (secondary N) is 2. The molecule has 0 aliphatic carbocycles. The molecule has 0 aromatic carbocycles. The second-order valence-electron chi connectivity index (χ2n) is 4.23. The molecule has 1 heterocycles. The fourth-order valence-corrected chi connectivity index (χ4v) is 1.34. The van der Waals surface area contributed by atoms with E-state index in [9.17, 15) is 14.4 Å². The van der Waals surface area contributed by atoms with E-state index >= 15 is 0 Å². The fraction of sp³-hybridized carbons (Fsp3) is 0.417. The van der Waals surface area contributed by atoms with E-state index in [0.717, 1.165) is 12.3 Å². The molecule has 2 amide bonds. The smallest absolute Gasteiger partial charge is 0.338 e. The number of carboxylic acid groups (broad SMARTS) is 1. The van der Waals surface area contributed by atoms with Gasteiger partial charge in [0.1, 0.15) is 6.26 Å². The molecule has 7 heteroatoms. The molecule has 19 heavy (non-hydrogen) atoms. The lowest BCUT2D eigenvalue weighted by atomic mass is 10.3. The topological polar surface area (TPSA) is 109 Å². The Bertz CT molecular complexity index is 478. The Balaban J connectivity index is 2.39. The summed E-state index contributed by atoms with van der Waals surface area (Å²) in [5, 5.41) is 13.8. The van der Waals surface area contributed by atoms with Crippen molar-refractivity contribution >= 4 is 17.8 Å². The van der Waals surface area contributed by atoms with Crippen LogP contribution in [0.3, 0.4) is 0 Å². The van der Waals surface area contributed by atoms with Gasteiger partial charge in [0.25, 0.3) is 5.91 Å². The third kappa shape index (κ3) is 4.82. The number of furan rings is 1. The standard InChI is InChI=1S/C12H16N2O5/c1-7(2)14-10(15)3-4-13-11(16)9-5-8(6-19-9)12(17)18/h5-7H,3-4H2,1-2H3,(H,13,16)(H,14,15)(H,17,18). The monoisotopic (exact) mass is 268 g/mol. The first-order valence-corrected chi connectivity index (χ1v) is 5.79. The molecule has 1 aromatic rings. The van der Waals surface area contributed by atoms with Crippen LogP contribution in [0.5, 0.6) is 0 Å². The second kappa shape index (κ2) is 6.58. The van der Waals surface area contributed by atoms with Crippen LogP contribution in [-0.4, -0.2) is 35.5 Å². The lowest BCUT2D eigenvalue weighted by molar-refractivity contribution is -0.121. The average Bonchev–Trinajstić information content (AvgIpc) is 2.76. The predicted octanol–water partition coefficient (Wildman–Crippen LogP) is 0.622. The van der Waals surface area contributed by atoms with Crippen LogP contribution in [0.25, 0.3) is 0 Å². The van der Waals surface area contributed by atoms with Gasteiger partial charge in [-0.15, -0.1) is 0 Å².